The third-order valence-electron chi connectivity index (χ3n) is 14.3. The lowest BCUT2D eigenvalue weighted by Crippen LogP contribution is -2.53. The second kappa shape index (κ2) is 11.4. The van der Waals surface area contributed by atoms with E-state index in [0.717, 1.165) is 41.5 Å². The Kier molecular flexibility index (Phi) is 7.01. The highest BCUT2D eigenvalue weighted by Gasteiger charge is 2.56. The van der Waals surface area contributed by atoms with Gasteiger partial charge < -0.3 is 9.32 Å². The molecule has 6 aliphatic carbocycles. The highest BCUT2D eigenvalue weighted by atomic mass is 16.3. The number of nitrogens with zero attached hydrogens (tertiary/aromatic N) is 2. The third-order valence-corrected chi connectivity index (χ3v) is 14.3. The maximum atomic E-state index is 6.56. The van der Waals surface area contributed by atoms with E-state index in [1.54, 1.807) is 11.1 Å². The first-order valence-electron chi connectivity index (χ1n) is 19.5. The molecule has 3 nitrogen and oxygen atoms in total. The second-order valence-electron chi connectivity index (χ2n) is 16.8. The fraction of sp³-hybridized carbons (Fsp3) is 0.511. The van der Waals surface area contributed by atoms with E-state index >= 15 is 0 Å². The summed E-state index contributed by atoms with van der Waals surface area (Å²) in [5.41, 5.74) is 6.90. The SMILES string of the molecule is CC1(C)C2CC=CC=C2C2=CCCC(N(c3cccc4oc5ccccc5c34)C3C=CC4C(C3)C3CCCCC3N4C3CC=CCC3)C21. The Morgan fingerprint density at radius 3 is 2.62 bits per heavy atom. The van der Waals surface area contributed by atoms with Crippen LogP contribution < -0.4 is 4.90 Å². The summed E-state index contributed by atoms with van der Waals surface area (Å²) >= 11 is 0. The molecular weight excluding hydrogens is 585 g/mol. The predicted molar refractivity (Wildman–Crippen MR) is 199 cm³/mol. The van der Waals surface area contributed by atoms with E-state index in [1.165, 1.54) is 80.7 Å². The van der Waals surface area contributed by atoms with Gasteiger partial charge in [-0.2, -0.15) is 0 Å². The molecule has 48 heavy (non-hydrogen) atoms. The monoisotopic (exact) mass is 636 g/mol. The second-order valence-corrected chi connectivity index (χ2v) is 16.8. The first-order chi connectivity index (χ1) is 23.6. The zero-order valence-corrected chi connectivity index (χ0v) is 28.9. The smallest absolute Gasteiger partial charge is 0.137 e. The van der Waals surface area contributed by atoms with Crippen LogP contribution in [-0.2, 0) is 0 Å². The maximum absolute atomic E-state index is 6.56. The summed E-state index contributed by atoms with van der Waals surface area (Å²) < 4.78 is 6.56. The van der Waals surface area contributed by atoms with Gasteiger partial charge in [-0.3, -0.25) is 4.90 Å². The molecule has 0 N–H and O–H groups in total. The van der Waals surface area contributed by atoms with E-state index in [2.05, 4.69) is 115 Å². The number of anilines is 1. The van der Waals surface area contributed by atoms with Gasteiger partial charge >= 0.3 is 0 Å². The molecule has 3 fully saturated rings. The van der Waals surface area contributed by atoms with Crippen LogP contribution in [0.2, 0.25) is 0 Å². The summed E-state index contributed by atoms with van der Waals surface area (Å²) in [7, 11) is 0. The molecule has 0 amide bonds. The molecule has 0 radical (unpaired) electrons. The molecule has 2 saturated carbocycles. The number of rotatable bonds is 4. The van der Waals surface area contributed by atoms with Crippen molar-refractivity contribution in [3.63, 3.8) is 0 Å². The van der Waals surface area contributed by atoms with Crippen molar-refractivity contribution in [2.75, 3.05) is 4.90 Å². The van der Waals surface area contributed by atoms with Crippen molar-refractivity contribution < 1.29 is 4.42 Å². The third kappa shape index (κ3) is 4.35. The van der Waals surface area contributed by atoms with Gasteiger partial charge in [0.05, 0.1) is 5.39 Å². The number of allylic oxidation sites excluding steroid dienone is 6. The molecule has 2 aromatic carbocycles. The molecule has 0 spiro atoms. The highest BCUT2D eigenvalue weighted by Crippen LogP contribution is 2.61. The van der Waals surface area contributed by atoms with Crippen molar-refractivity contribution in [1.82, 2.24) is 4.90 Å². The van der Waals surface area contributed by atoms with E-state index in [-0.39, 0.29) is 5.41 Å². The molecule has 1 saturated heterocycles. The highest BCUT2D eigenvalue weighted by molar-refractivity contribution is 6.11. The molecule has 3 heteroatoms. The van der Waals surface area contributed by atoms with Crippen LogP contribution in [0.1, 0.15) is 84.5 Å². The van der Waals surface area contributed by atoms with Crippen molar-refractivity contribution in [2.24, 2.45) is 29.1 Å². The quantitative estimate of drug-likeness (QED) is 0.266. The Morgan fingerprint density at radius 1 is 0.812 bits per heavy atom. The fourth-order valence-electron chi connectivity index (χ4n) is 12.5. The van der Waals surface area contributed by atoms with Crippen molar-refractivity contribution in [3.05, 3.63) is 102 Å². The molecule has 7 aliphatic rings. The van der Waals surface area contributed by atoms with E-state index in [9.17, 15) is 0 Å². The number of furan rings is 1. The molecule has 0 bridgehead atoms. The van der Waals surface area contributed by atoms with E-state index in [1.807, 2.05) is 0 Å². The van der Waals surface area contributed by atoms with Gasteiger partial charge in [-0.1, -0.05) is 99.6 Å². The molecule has 1 aliphatic heterocycles. The van der Waals surface area contributed by atoms with Crippen LogP contribution in [0, 0.1) is 29.1 Å². The Hall–Kier alpha value is -3.30. The summed E-state index contributed by atoms with van der Waals surface area (Å²) in [5, 5.41) is 2.57. The van der Waals surface area contributed by atoms with Gasteiger partial charge in [-0.15, -0.1) is 0 Å². The van der Waals surface area contributed by atoms with Crippen molar-refractivity contribution in [2.45, 2.75) is 115 Å². The summed E-state index contributed by atoms with van der Waals surface area (Å²) in [5.74, 6) is 2.69. The number of para-hydroxylation sites is 1. The van der Waals surface area contributed by atoms with Crippen molar-refractivity contribution in [1.29, 1.82) is 0 Å². The van der Waals surface area contributed by atoms with Gasteiger partial charge in [0.15, 0.2) is 0 Å². The lowest BCUT2D eigenvalue weighted by atomic mass is 9.67. The first kappa shape index (κ1) is 29.6. The lowest BCUT2D eigenvalue weighted by Gasteiger charge is -2.50. The molecule has 9 unspecified atom stereocenters. The summed E-state index contributed by atoms with van der Waals surface area (Å²) in [4.78, 5) is 6.04. The summed E-state index contributed by atoms with van der Waals surface area (Å²) in [6, 6.07) is 18.5. The number of benzene rings is 2. The van der Waals surface area contributed by atoms with Crippen LogP contribution in [0.5, 0.6) is 0 Å². The maximum Gasteiger partial charge on any atom is 0.137 e. The van der Waals surface area contributed by atoms with Crippen LogP contribution in [0.4, 0.5) is 5.69 Å². The molecule has 248 valence electrons. The lowest BCUT2D eigenvalue weighted by molar-refractivity contribution is 0.105. The average Bonchev–Trinajstić information content (AvgIpc) is 3.75. The van der Waals surface area contributed by atoms with E-state index in [4.69, 9.17) is 4.42 Å². The first-order valence-corrected chi connectivity index (χ1v) is 19.5. The fourth-order valence-corrected chi connectivity index (χ4v) is 12.5. The predicted octanol–water partition coefficient (Wildman–Crippen LogP) is 10.9. The Morgan fingerprint density at radius 2 is 1.71 bits per heavy atom. The minimum Gasteiger partial charge on any atom is -0.456 e. The molecular formula is C45H52N2O. The van der Waals surface area contributed by atoms with Crippen molar-refractivity contribution in [3.8, 4) is 0 Å². The molecule has 1 aromatic heterocycles. The number of hydrogen-bond donors (Lipinski definition) is 0. The Bertz CT molecular complexity index is 1880. The standard InChI is InChI=1S/C45H52N2O/c1-45(2)36-20-9-6-16-31(36)33-19-12-23-40(44(33)45)47(39-22-13-25-42-43(39)34-18-8-11-24-41(34)48-42)30-26-27-38-35(28-30)32-17-7-10-21-37(32)46(38)29-14-4-3-5-15-29/h3-4,6,8-9,11,13,16,18-19,22,24-27,29-30,32,35-38,40,44H,5,7,10,12,14-15,17,20-21,23,28H2,1-2H3. The normalized spacial score (nSPS) is 36.8. The summed E-state index contributed by atoms with van der Waals surface area (Å²) in [6.07, 6.45) is 34.4. The summed E-state index contributed by atoms with van der Waals surface area (Å²) in [6.45, 7) is 5.18. The Labute approximate surface area is 287 Å². The number of likely N-dealkylation sites (tertiary alicyclic amines) is 1. The van der Waals surface area contributed by atoms with E-state index in [0.29, 0.717) is 30.0 Å². The minimum absolute atomic E-state index is 0.201. The van der Waals surface area contributed by atoms with Gasteiger partial charge in [0.1, 0.15) is 11.2 Å². The van der Waals surface area contributed by atoms with Gasteiger partial charge in [-0.25, -0.2) is 0 Å². The number of hydrogen-bond acceptors (Lipinski definition) is 3. The number of fused-ring (bicyclic) bond motifs is 9. The van der Waals surface area contributed by atoms with Gasteiger partial charge in [0, 0.05) is 47.2 Å². The zero-order valence-electron chi connectivity index (χ0n) is 28.9. The van der Waals surface area contributed by atoms with Gasteiger partial charge in [0.25, 0.3) is 0 Å². The molecule has 10 rings (SSSR count). The topological polar surface area (TPSA) is 19.6 Å². The molecule has 2 heterocycles. The average molecular weight is 637 g/mol. The van der Waals surface area contributed by atoms with Gasteiger partial charge in [0.2, 0.25) is 0 Å². The van der Waals surface area contributed by atoms with Gasteiger partial charge in [-0.05, 0) is 110 Å². The van der Waals surface area contributed by atoms with Crippen LogP contribution in [0.3, 0.4) is 0 Å². The van der Waals surface area contributed by atoms with Crippen molar-refractivity contribution >= 4 is 27.6 Å². The van der Waals surface area contributed by atoms with Crippen LogP contribution >= 0.6 is 0 Å². The van der Waals surface area contributed by atoms with Crippen LogP contribution in [0.25, 0.3) is 21.9 Å². The van der Waals surface area contributed by atoms with Crippen LogP contribution in [-0.4, -0.2) is 35.1 Å². The molecule has 3 aromatic rings. The Balaban J connectivity index is 1.12. The minimum atomic E-state index is 0.201. The largest absolute Gasteiger partial charge is 0.456 e. The van der Waals surface area contributed by atoms with Crippen LogP contribution in [0.15, 0.2) is 107 Å². The van der Waals surface area contributed by atoms with E-state index < -0.39 is 0 Å². The molecule has 9 atom stereocenters. The zero-order chi connectivity index (χ0) is 32.0.